The van der Waals surface area contributed by atoms with Crippen LogP contribution in [0.4, 0.5) is 0 Å². The van der Waals surface area contributed by atoms with E-state index in [0.29, 0.717) is 0 Å². The molecule has 14 heavy (non-hydrogen) atoms. The number of hydrogen-bond acceptors (Lipinski definition) is 4. The van der Waals surface area contributed by atoms with Crippen LogP contribution in [0.5, 0.6) is 5.06 Å². The lowest BCUT2D eigenvalue weighted by Gasteiger charge is -1.98. The molecule has 1 aromatic heterocycles. The summed E-state index contributed by atoms with van der Waals surface area (Å²) in [6.45, 7) is 0. The van der Waals surface area contributed by atoms with Gasteiger partial charge in [-0.15, -0.1) is 24.4 Å². The van der Waals surface area contributed by atoms with Gasteiger partial charge in [0.05, 0.1) is 7.11 Å². The predicted molar refractivity (Wildman–Crippen MR) is 67.4 cm³/mol. The smallest absolute Gasteiger partial charge is 0.174 e. The van der Waals surface area contributed by atoms with E-state index < -0.39 is 0 Å². The number of thiophene rings is 1. The molecule has 0 N–H and O–H groups in total. The van der Waals surface area contributed by atoms with Crippen LogP contribution in [0.2, 0.25) is 0 Å². The van der Waals surface area contributed by atoms with Gasteiger partial charge in [0.15, 0.2) is 5.06 Å². The van der Waals surface area contributed by atoms with Crippen molar-refractivity contribution in [1.82, 2.24) is 0 Å². The van der Waals surface area contributed by atoms with Crippen molar-refractivity contribution in [2.24, 2.45) is 0 Å². The normalized spacial score (nSPS) is 10.8. The highest BCUT2D eigenvalue weighted by molar-refractivity contribution is 7.98. The zero-order valence-corrected chi connectivity index (χ0v) is 10.4. The summed E-state index contributed by atoms with van der Waals surface area (Å²) in [4.78, 5) is 2.26. The van der Waals surface area contributed by atoms with Gasteiger partial charge in [0.25, 0.3) is 0 Å². The fourth-order valence-corrected chi connectivity index (χ4v) is 3.27. The van der Waals surface area contributed by atoms with E-state index in [1.807, 2.05) is 6.07 Å². The molecule has 0 fully saturated rings. The Hall–Kier alpha value is -0.320. The molecule has 0 aliphatic heterocycles. The highest BCUT2D eigenvalue weighted by Crippen LogP contribution is 2.37. The fraction of sp³-hybridized carbons (Fsp3) is 0.200. The van der Waals surface area contributed by atoms with Crippen molar-refractivity contribution >= 4 is 45.8 Å². The summed E-state index contributed by atoms with van der Waals surface area (Å²) in [6, 6.07) is 6.29. The molecule has 1 aromatic carbocycles. The third-order valence-corrected chi connectivity index (χ3v) is 4.12. The van der Waals surface area contributed by atoms with Crippen LogP contribution in [-0.2, 0) is 0 Å². The van der Waals surface area contributed by atoms with Gasteiger partial charge in [-0.3, -0.25) is 0 Å². The minimum absolute atomic E-state index is 0.938. The molecule has 0 amide bonds. The zero-order valence-electron chi connectivity index (χ0n) is 7.90. The first-order valence-electron chi connectivity index (χ1n) is 4.09. The molecular weight excluding hydrogens is 232 g/mol. The summed E-state index contributed by atoms with van der Waals surface area (Å²) in [5.74, 6) is 0. The van der Waals surface area contributed by atoms with Gasteiger partial charge < -0.3 is 4.74 Å². The number of thioether (sulfide) groups is 1. The molecule has 0 aliphatic rings. The first-order chi connectivity index (χ1) is 6.74. The molecule has 2 aromatic rings. The molecule has 0 spiro atoms. The Balaban J connectivity index is 2.67. The number of benzene rings is 1. The van der Waals surface area contributed by atoms with Gasteiger partial charge >= 0.3 is 0 Å². The Kier molecular flexibility index (Phi) is 2.95. The van der Waals surface area contributed by atoms with Crippen molar-refractivity contribution in [1.29, 1.82) is 0 Å². The first kappa shape index (κ1) is 10.2. The van der Waals surface area contributed by atoms with Gasteiger partial charge in [0.1, 0.15) is 0 Å². The molecule has 0 saturated heterocycles. The van der Waals surface area contributed by atoms with Crippen LogP contribution in [0.25, 0.3) is 10.1 Å². The lowest BCUT2D eigenvalue weighted by atomic mass is 10.3. The maximum absolute atomic E-state index is 5.21. The summed E-state index contributed by atoms with van der Waals surface area (Å²) in [5, 5.41) is 2.11. The standard InChI is InChI=1S/C10H10OS3/c1-11-10-5-7-8(12)3-6(13-2)4-9(7)14-10/h3-5,12H,1-2H3. The van der Waals surface area contributed by atoms with E-state index in [0.717, 1.165) is 9.96 Å². The van der Waals surface area contributed by atoms with Crippen molar-refractivity contribution in [2.45, 2.75) is 9.79 Å². The topological polar surface area (TPSA) is 9.23 Å². The van der Waals surface area contributed by atoms with Gasteiger partial charge in [-0.2, -0.15) is 0 Å². The van der Waals surface area contributed by atoms with Crippen molar-refractivity contribution in [2.75, 3.05) is 13.4 Å². The predicted octanol–water partition coefficient (Wildman–Crippen LogP) is 3.92. The molecule has 0 atom stereocenters. The molecule has 0 unspecified atom stereocenters. The fourth-order valence-electron chi connectivity index (χ4n) is 1.29. The second kappa shape index (κ2) is 4.04. The zero-order chi connectivity index (χ0) is 10.1. The van der Waals surface area contributed by atoms with Crippen molar-refractivity contribution in [3.63, 3.8) is 0 Å². The van der Waals surface area contributed by atoms with Gasteiger partial charge in [-0.1, -0.05) is 11.3 Å². The Labute approximate surface area is 96.9 Å². The maximum Gasteiger partial charge on any atom is 0.174 e. The van der Waals surface area contributed by atoms with E-state index in [1.54, 1.807) is 30.2 Å². The monoisotopic (exact) mass is 242 g/mol. The van der Waals surface area contributed by atoms with E-state index in [1.165, 1.54) is 15.0 Å². The number of fused-ring (bicyclic) bond motifs is 1. The SMILES string of the molecule is COc1cc2c(S)cc(SC)cc2s1. The molecule has 0 radical (unpaired) electrons. The van der Waals surface area contributed by atoms with Crippen molar-refractivity contribution in [3.05, 3.63) is 18.2 Å². The molecule has 4 heteroatoms. The van der Waals surface area contributed by atoms with Crippen molar-refractivity contribution < 1.29 is 4.74 Å². The number of thiol groups is 1. The van der Waals surface area contributed by atoms with E-state index in [4.69, 9.17) is 4.74 Å². The largest absolute Gasteiger partial charge is 0.487 e. The van der Waals surface area contributed by atoms with Crippen LogP contribution >= 0.6 is 35.7 Å². The Morgan fingerprint density at radius 2 is 2.14 bits per heavy atom. The van der Waals surface area contributed by atoms with Crippen LogP contribution in [0.3, 0.4) is 0 Å². The van der Waals surface area contributed by atoms with E-state index in [-0.39, 0.29) is 0 Å². The van der Waals surface area contributed by atoms with E-state index >= 15 is 0 Å². The third-order valence-electron chi connectivity index (χ3n) is 2.00. The van der Waals surface area contributed by atoms with E-state index in [2.05, 4.69) is 31.0 Å². The van der Waals surface area contributed by atoms with Gasteiger partial charge in [0.2, 0.25) is 0 Å². The molecule has 2 rings (SSSR count). The summed E-state index contributed by atoms with van der Waals surface area (Å²) >= 11 is 7.85. The van der Waals surface area contributed by atoms with Crippen LogP contribution in [0.15, 0.2) is 28.0 Å². The van der Waals surface area contributed by atoms with E-state index in [9.17, 15) is 0 Å². The Morgan fingerprint density at radius 1 is 1.36 bits per heavy atom. The van der Waals surface area contributed by atoms with Crippen LogP contribution < -0.4 is 4.74 Å². The number of ether oxygens (including phenoxy) is 1. The molecule has 0 bridgehead atoms. The van der Waals surface area contributed by atoms with Crippen LogP contribution in [0.1, 0.15) is 0 Å². The Morgan fingerprint density at radius 3 is 2.79 bits per heavy atom. The molecule has 0 saturated carbocycles. The van der Waals surface area contributed by atoms with Gasteiger partial charge in [-0.25, -0.2) is 0 Å². The lowest BCUT2D eigenvalue weighted by Crippen LogP contribution is -1.74. The highest BCUT2D eigenvalue weighted by Gasteiger charge is 2.06. The summed E-state index contributed by atoms with van der Waals surface area (Å²) in [5.41, 5.74) is 0. The van der Waals surface area contributed by atoms with Crippen molar-refractivity contribution in [3.8, 4) is 5.06 Å². The maximum atomic E-state index is 5.21. The number of methoxy groups -OCH3 is 1. The quantitative estimate of drug-likeness (QED) is 0.631. The molecule has 74 valence electrons. The van der Waals surface area contributed by atoms with Crippen LogP contribution in [0, 0.1) is 0 Å². The average molecular weight is 242 g/mol. The average Bonchev–Trinajstić information content (AvgIpc) is 2.61. The molecule has 1 nitrogen and oxygen atoms in total. The molecule has 1 heterocycles. The summed E-state index contributed by atoms with van der Waals surface area (Å²) < 4.78 is 6.44. The summed E-state index contributed by atoms with van der Waals surface area (Å²) in [6.07, 6.45) is 2.07. The third kappa shape index (κ3) is 1.74. The second-order valence-corrected chi connectivity index (χ2v) is 5.24. The first-order valence-corrected chi connectivity index (χ1v) is 6.58. The molecule has 0 aliphatic carbocycles. The Bertz CT molecular complexity index is 462. The minimum atomic E-state index is 0.938. The lowest BCUT2D eigenvalue weighted by molar-refractivity contribution is 0.427. The second-order valence-electron chi connectivity index (χ2n) is 2.83. The van der Waals surface area contributed by atoms with Gasteiger partial charge in [-0.05, 0) is 18.4 Å². The van der Waals surface area contributed by atoms with Crippen LogP contribution in [-0.4, -0.2) is 13.4 Å². The van der Waals surface area contributed by atoms with Gasteiger partial charge in [0, 0.05) is 25.9 Å². The highest BCUT2D eigenvalue weighted by atomic mass is 32.2. The minimum Gasteiger partial charge on any atom is -0.487 e. The number of rotatable bonds is 2. The number of hydrogen-bond donors (Lipinski definition) is 1. The summed E-state index contributed by atoms with van der Waals surface area (Å²) in [7, 11) is 1.69. The molecular formula is C10H10OS3.